The first-order valence-electron chi connectivity index (χ1n) is 6.10. The zero-order chi connectivity index (χ0) is 14.3. The Hall–Kier alpha value is -1.56. The van der Waals surface area contributed by atoms with E-state index in [2.05, 4.69) is 5.32 Å². The number of carbonyl (C=O) groups excluding carboxylic acids is 1. The molecular weight excluding hydrogens is 264 g/mol. The van der Waals surface area contributed by atoms with Gasteiger partial charge in [0, 0.05) is 11.3 Å². The highest BCUT2D eigenvalue weighted by Gasteiger charge is 2.39. The van der Waals surface area contributed by atoms with Gasteiger partial charge in [0.1, 0.15) is 0 Å². The third kappa shape index (κ3) is 3.07. The first kappa shape index (κ1) is 13.9. The third-order valence-electron chi connectivity index (χ3n) is 3.41. The molecule has 0 bridgehead atoms. The Bertz CT molecular complexity index is 625. The molecule has 1 aromatic carbocycles. The van der Waals surface area contributed by atoms with E-state index in [1.54, 1.807) is 32.0 Å². The van der Waals surface area contributed by atoms with Gasteiger partial charge in [-0.3, -0.25) is 4.79 Å². The Balaban J connectivity index is 2.18. The molecule has 1 unspecified atom stereocenters. The molecule has 6 heteroatoms. The lowest BCUT2D eigenvalue weighted by molar-refractivity contribution is 0.0915. The Morgan fingerprint density at radius 1 is 1.42 bits per heavy atom. The largest absolute Gasteiger partial charge is 0.399 e. The molecule has 1 fully saturated rings. The SMILES string of the molecule is Cc1cc(N)ccc1C(=O)NC1(C)CCS(=O)(=O)C1. The van der Waals surface area contributed by atoms with E-state index in [9.17, 15) is 13.2 Å². The highest BCUT2D eigenvalue weighted by Crippen LogP contribution is 2.24. The topological polar surface area (TPSA) is 89.3 Å². The predicted octanol–water partition coefficient (Wildman–Crippen LogP) is 0.884. The summed E-state index contributed by atoms with van der Waals surface area (Å²) in [7, 11) is -3.03. The van der Waals surface area contributed by atoms with Gasteiger partial charge in [-0.1, -0.05) is 0 Å². The summed E-state index contributed by atoms with van der Waals surface area (Å²) in [4.78, 5) is 12.2. The van der Waals surface area contributed by atoms with E-state index in [4.69, 9.17) is 5.73 Å². The quantitative estimate of drug-likeness (QED) is 0.788. The van der Waals surface area contributed by atoms with Crippen LogP contribution >= 0.6 is 0 Å². The van der Waals surface area contributed by atoms with Gasteiger partial charge in [-0.15, -0.1) is 0 Å². The van der Waals surface area contributed by atoms with Crippen molar-refractivity contribution in [3.05, 3.63) is 29.3 Å². The average molecular weight is 282 g/mol. The third-order valence-corrected chi connectivity index (χ3v) is 5.32. The molecule has 19 heavy (non-hydrogen) atoms. The van der Waals surface area contributed by atoms with Crippen LogP contribution in [-0.4, -0.2) is 31.4 Å². The van der Waals surface area contributed by atoms with Crippen molar-refractivity contribution in [3.63, 3.8) is 0 Å². The number of benzene rings is 1. The second-order valence-electron chi connectivity index (χ2n) is 5.43. The fraction of sp³-hybridized carbons (Fsp3) is 0.462. The van der Waals surface area contributed by atoms with Gasteiger partial charge in [-0.25, -0.2) is 8.42 Å². The van der Waals surface area contributed by atoms with E-state index >= 15 is 0 Å². The fourth-order valence-corrected chi connectivity index (χ4v) is 4.49. The first-order valence-corrected chi connectivity index (χ1v) is 7.92. The van der Waals surface area contributed by atoms with E-state index in [1.807, 2.05) is 0 Å². The second kappa shape index (κ2) is 4.52. The molecule has 1 aliphatic heterocycles. The Kier molecular flexibility index (Phi) is 3.30. The summed E-state index contributed by atoms with van der Waals surface area (Å²) in [5, 5.41) is 2.83. The number of aryl methyl sites for hydroxylation is 1. The summed E-state index contributed by atoms with van der Waals surface area (Å²) in [6.07, 6.45) is 0.453. The monoisotopic (exact) mass is 282 g/mol. The zero-order valence-corrected chi connectivity index (χ0v) is 11.9. The number of amides is 1. The molecule has 1 heterocycles. The number of nitrogens with two attached hydrogens (primary N) is 1. The van der Waals surface area contributed by atoms with Crippen LogP contribution in [0.5, 0.6) is 0 Å². The van der Waals surface area contributed by atoms with Crippen molar-refractivity contribution in [1.82, 2.24) is 5.32 Å². The number of sulfone groups is 1. The number of carbonyl (C=O) groups is 1. The maximum Gasteiger partial charge on any atom is 0.252 e. The summed E-state index contributed by atoms with van der Waals surface area (Å²) in [5.41, 5.74) is 6.87. The lowest BCUT2D eigenvalue weighted by Crippen LogP contribution is -2.47. The van der Waals surface area contributed by atoms with Crippen molar-refractivity contribution in [1.29, 1.82) is 0 Å². The van der Waals surface area contributed by atoms with Crippen LogP contribution < -0.4 is 11.1 Å². The summed E-state index contributed by atoms with van der Waals surface area (Å²) in [6.45, 7) is 3.57. The molecule has 0 spiro atoms. The maximum absolute atomic E-state index is 12.2. The molecule has 0 radical (unpaired) electrons. The minimum absolute atomic E-state index is 0.000238. The van der Waals surface area contributed by atoms with Crippen molar-refractivity contribution >= 4 is 21.4 Å². The molecule has 2 rings (SSSR count). The van der Waals surface area contributed by atoms with Crippen LogP contribution in [0.4, 0.5) is 5.69 Å². The van der Waals surface area contributed by atoms with Crippen LogP contribution in [-0.2, 0) is 9.84 Å². The average Bonchev–Trinajstić information content (AvgIpc) is 2.52. The van der Waals surface area contributed by atoms with Gasteiger partial charge in [0.2, 0.25) is 0 Å². The Morgan fingerprint density at radius 3 is 2.63 bits per heavy atom. The minimum atomic E-state index is -3.03. The maximum atomic E-state index is 12.2. The van der Waals surface area contributed by atoms with E-state index < -0.39 is 15.4 Å². The first-order chi connectivity index (χ1) is 8.71. The fourth-order valence-electron chi connectivity index (χ4n) is 2.39. The molecule has 0 saturated carbocycles. The number of nitrogens with one attached hydrogen (secondary N) is 1. The van der Waals surface area contributed by atoms with Crippen molar-refractivity contribution in [2.45, 2.75) is 25.8 Å². The second-order valence-corrected chi connectivity index (χ2v) is 7.62. The number of anilines is 1. The van der Waals surface area contributed by atoms with Crippen molar-refractivity contribution in [3.8, 4) is 0 Å². The van der Waals surface area contributed by atoms with Crippen LogP contribution in [0.3, 0.4) is 0 Å². The van der Waals surface area contributed by atoms with Gasteiger partial charge in [0.15, 0.2) is 9.84 Å². The summed E-state index contributed by atoms with van der Waals surface area (Å²) in [5.74, 6) is -0.123. The van der Waals surface area contributed by atoms with Crippen LogP contribution in [0.1, 0.15) is 29.3 Å². The molecular formula is C13H18N2O3S. The van der Waals surface area contributed by atoms with Crippen molar-refractivity contribution in [2.75, 3.05) is 17.2 Å². The number of rotatable bonds is 2. The summed E-state index contributed by atoms with van der Waals surface area (Å²) < 4.78 is 23.0. The van der Waals surface area contributed by atoms with E-state index in [1.165, 1.54) is 0 Å². The number of hydrogen-bond donors (Lipinski definition) is 2. The molecule has 5 nitrogen and oxygen atoms in total. The lowest BCUT2D eigenvalue weighted by Gasteiger charge is -2.24. The van der Waals surface area contributed by atoms with Crippen LogP contribution in [0, 0.1) is 6.92 Å². The molecule has 1 aliphatic rings. The number of nitrogen functional groups attached to an aromatic ring is 1. The van der Waals surface area contributed by atoms with Crippen molar-refractivity contribution in [2.24, 2.45) is 0 Å². The molecule has 0 aromatic heterocycles. The molecule has 3 N–H and O–H groups in total. The van der Waals surface area contributed by atoms with Gasteiger partial charge < -0.3 is 11.1 Å². The molecule has 1 aromatic rings. The van der Waals surface area contributed by atoms with Gasteiger partial charge in [0.25, 0.3) is 5.91 Å². The normalized spacial score (nSPS) is 25.2. The summed E-state index contributed by atoms with van der Waals surface area (Å²) >= 11 is 0. The molecule has 0 aliphatic carbocycles. The van der Waals surface area contributed by atoms with Crippen LogP contribution in [0.2, 0.25) is 0 Å². The van der Waals surface area contributed by atoms with E-state index in [0.717, 1.165) is 5.56 Å². The summed E-state index contributed by atoms with van der Waals surface area (Å²) in [6, 6.07) is 5.05. The lowest BCUT2D eigenvalue weighted by atomic mass is 10.00. The minimum Gasteiger partial charge on any atom is -0.399 e. The smallest absolute Gasteiger partial charge is 0.252 e. The van der Waals surface area contributed by atoms with Crippen LogP contribution in [0.25, 0.3) is 0 Å². The van der Waals surface area contributed by atoms with E-state index in [-0.39, 0.29) is 17.4 Å². The highest BCUT2D eigenvalue weighted by molar-refractivity contribution is 7.91. The zero-order valence-electron chi connectivity index (χ0n) is 11.1. The number of hydrogen-bond acceptors (Lipinski definition) is 4. The molecule has 1 amide bonds. The molecule has 1 atom stereocenters. The highest BCUT2D eigenvalue weighted by atomic mass is 32.2. The van der Waals surface area contributed by atoms with E-state index in [0.29, 0.717) is 17.7 Å². The van der Waals surface area contributed by atoms with Gasteiger partial charge in [-0.2, -0.15) is 0 Å². The predicted molar refractivity (Wildman–Crippen MR) is 74.7 cm³/mol. The van der Waals surface area contributed by atoms with Crippen molar-refractivity contribution < 1.29 is 13.2 Å². The van der Waals surface area contributed by atoms with Gasteiger partial charge >= 0.3 is 0 Å². The van der Waals surface area contributed by atoms with Gasteiger partial charge in [-0.05, 0) is 44.0 Å². The van der Waals surface area contributed by atoms with Gasteiger partial charge in [0.05, 0.1) is 17.0 Å². The molecule has 1 saturated heterocycles. The Morgan fingerprint density at radius 2 is 2.11 bits per heavy atom. The standard InChI is InChI=1S/C13H18N2O3S/c1-9-7-10(14)3-4-11(9)12(16)15-13(2)5-6-19(17,18)8-13/h3-4,7H,5-6,8,14H2,1-2H3,(H,15,16). The van der Waals surface area contributed by atoms with Crippen LogP contribution in [0.15, 0.2) is 18.2 Å². The molecule has 104 valence electrons. The Labute approximate surface area is 113 Å².